The van der Waals surface area contributed by atoms with Crippen LogP contribution in [0.3, 0.4) is 0 Å². The van der Waals surface area contributed by atoms with E-state index in [1.807, 2.05) is 53.4 Å². The van der Waals surface area contributed by atoms with Crippen molar-refractivity contribution in [2.45, 2.75) is 105 Å². The monoisotopic (exact) mass is 764 g/mol. The molecule has 3 unspecified atom stereocenters. The smallest absolute Gasteiger partial charge is 0.410 e. The number of carboxylic acid groups (broad SMARTS) is 1. The molecule has 4 heterocycles. The number of aliphatic carboxylic acids is 1. The van der Waals surface area contributed by atoms with Crippen LogP contribution >= 0.6 is 0 Å². The lowest BCUT2D eigenvalue weighted by Crippen LogP contribution is -2.70. The van der Waals surface area contributed by atoms with Crippen molar-refractivity contribution in [2.75, 3.05) is 59.0 Å². The Hall–Kier alpha value is -4.24. The summed E-state index contributed by atoms with van der Waals surface area (Å²) in [4.78, 5) is 81.7. The number of hydrogen-bond acceptors (Lipinski definition) is 11. The number of rotatable bonds is 9. The summed E-state index contributed by atoms with van der Waals surface area (Å²) in [5.41, 5.74) is 5.31. The third-order valence-electron chi connectivity index (χ3n) is 10.2. The van der Waals surface area contributed by atoms with Crippen LogP contribution in [0.5, 0.6) is 0 Å². The minimum Gasteiger partial charge on any atom is -0.480 e. The first kappa shape index (κ1) is 44.2. The Balaban J connectivity index is 0.000000366. The lowest BCUT2D eigenvalue weighted by atomic mass is 9.78. The van der Waals surface area contributed by atoms with E-state index in [-0.39, 0.29) is 68.0 Å². The highest BCUT2D eigenvalue weighted by molar-refractivity contribution is 6.07. The maximum Gasteiger partial charge on any atom is 0.410 e. The molecule has 0 saturated carbocycles. The standard InChI is InChI=1S/C25H41N5O6.C13H23NO4/c1-15(2)21(16(3)4)36-25(35)28-11-9-27(10-12-28)24(34)30-20(23(32)33)19(22(30)31)13-18-7-6-8-29(14-18)17(5)26;1-5-17-11(15)10-7-6-8-14(9-10)12(16)18-13(2,3)4/h15-16,18-21H,5-14,26H2,1-4H3,(H,32,33);10H,5-9H2,1-4H3/t18?,19-,20?;/m1./s1. The van der Waals surface area contributed by atoms with Gasteiger partial charge in [0.25, 0.3) is 0 Å². The lowest BCUT2D eigenvalue weighted by molar-refractivity contribution is -0.167. The average molecular weight is 765 g/mol. The first-order chi connectivity index (χ1) is 25.2. The van der Waals surface area contributed by atoms with Gasteiger partial charge >= 0.3 is 30.2 Å². The summed E-state index contributed by atoms with van der Waals surface area (Å²) in [6.45, 7) is 22.8. The van der Waals surface area contributed by atoms with Crippen molar-refractivity contribution in [3.05, 3.63) is 12.4 Å². The van der Waals surface area contributed by atoms with E-state index in [4.69, 9.17) is 19.9 Å². The molecule has 4 atom stereocenters. The van der Waals surface area contributed by atoms with Gasteiger partial charge in [0.05, 0.1) is 24.3 Å². The number of β-lactam (4-membered cyclic amide) rings is 1. The summed E-state index contributed by atoms with van der Waals surface area (Å²) < 4.78 is 16.0. The summed E-state index contributed by atoms with van der Waals surface area (Å²) in [5.74, 6) is -1.85. The van der Waals surface area contributed by atoms with Crippen LogP contribution in [0.15, 0.2) is 12.4 Å². The van der Waals surface area contributed by atoms with Gasteiger partial charge in [0.1, 0.15) is 11.7 Å². The Morgan fingerprint density at radius 1 is 0.852 bits per heavy atom. The lowest BCUT2D eigenvalue weighted by Gasteiger charge is -2.47. The number of piperazine rings is 1. The first-order valence-corrected chi connectivity index (χ1v) is 19.4. The normalized spacial score (nSPS) is 23.4. The number of carbonyl (C=O) groups excluding carboxylic acids is 5. The molecule has 0 aromatic heterocycles. The number of amides is 5. The van der Waals surface area contributed by atoms with E-state index in [0.717, 1.165) is 37.1 Å². The van der Waals surface area contributed by atoms with Gasteiger partial charge in [0.2, 0.25) is 5.91 Å². The zero-order valence-corrected chi connectivity index (χ0v) is 33.6. The predicted molar refractivity (Wildman–Crippen MR) is 200 cm³/mol. The number of carbonyl (C=O) groups is 6. The molecule has 16 heteroatoms. The van der Waals surface area contributed by atoms with Crippen LogP contribution in [0, 0.1) is 29.6 Å². The fraction of sp³-hybridized carbons (Fsp3) is 0.789. The second-order valence-corrected chi connectivity index (χ2v) is 16.4. The highest BCUT2D eigenvalue weighted by Gasteiger charge is 2.56. The molecule has 5 amide bonds. The highest BCUT2D eigenvalue weighted by atomic mass is 16.6. The highest BCUT2D eigenvalue weighted by Crippen LogP contribution is 2.36. The van der Waals surface area contributed by atoms with Crippen LogP contribution in [0.2, 0.25) is 0 Å². The second-order valence-electron chi connectivity index (χ2n) is 16.4. The maximum atomic E-state index is 13.1. The number of urea groups is 1. The van der Waals surface area contributed by atoms with Gasteiger partial charge in [-0.2, -0.15) is 0 Å². The van der Waals surface area contributed by atoms with Gasteiger partial charge in [-0.3, -0.25) is 9.59 Å². The van der Waals surface area contributed by atoms with E-state index in [1.165, 1.54) is 4.90 Å². The molecule has 306 valence electrons. The van der Waals surface area contributed by atoms with E-state index in [9.17, 15) is 33.9 Å². The van der Waals surface area contributed by atoms with Crippen molar-refractivity contribution in [3.8, 4) is 0 Å². The molecule has 3 N–H and O–H groups in total. The molecular formula is C38H64N6O10. The quantitative estimate of drug-likeness (QED) is 0.194. The molecule has 0 aromatic rings. The van der Waals surface area contributed by atoms with Gasteiger partial charge in [0, 0.05) is 52.4 Å². The molecule has 4 rings (SSSR count). The van der Waals surface area contributed by atoms with Crippen LogP contribution in [0.1, 0.15) is 87.5 Å². The average Bonchev–Trinajstić information content (AvgIpc) is 3.10. The van der Waals surface area contributed by atoms with Gasteiger partial charge in [-0.15, -0.1) is 0 Å². The Labute approximate surface area is 320 Å². The SMILES string of the molecule is C=C(N)N1CCCC(C[C@H]2C(=O)N(C(=O)N3CCN(C(=O)OC(C(C)C)C(C)C)CC3)C2C(=O)O)C1.CCOC(=O)C1CCCN(C(=O)OC(C)(C)C)C1. The Bertz CT molecular complexity index is 1350. The van der Waals surface area contributed by atoms with Gasteiger partial charge in [0.15, 0.2) is 6.04 Å². The number of ether oxygens (including phenoxy) is 3. The van der Waals surface area contributed by atoms with Crippen LogP contribution < -0.4 is 5.73 Å². The Morgan fingerprint density at radius 3 is 1.96 bits per heavy atom. The van der Waals surface area contributed by atoms with Crippen molar-refractivity contribution in [2.24, 2.45) is 35.3 Å². The van der Waals surface area contributed by atoms with Crippen molar-refractivity contribution in [1.29, 1.82) is 0 Å². The van der Waals surface area contributed by atoms with Crippen LogP contribution in [0.4, 0.5) is 14.4 Å². The molecule has 4 aliphatic heterocycles. The van der Waals surface area contributed by atoms with E-state index >= 15 is 0 Å². The molecule has 0 bridgehead atoms. The number of hydrogen-bond donors (Lipinski definition) is 2. The molecule has 4 saturated heterocycles. The molecule has 0 spiro atoms. The van der Waals surface area contributed by atoms with Crippen LogP contribution in [-0.2, 0) is 28.6 Å². The van der Waals surface area contributed by atoms with Crippen molar-refractivity contribution < 1.29 is 48.1 Å². The summed E-state index contributed by atoms with van der Waals surface area (Å²) in [7, 11) is 0. The fourth-order valence-electron chi connectivity index (χ4n) is 7.54. The Kier molecular flexibility index (Phi) is 15.8. The number of carboxylic acids is 1. The van der Waals surface area contributed by atoms with Gasteiger partial charge in [-0.1, -0.05) is 34.3 Å². The third kappa shape index (κ3) is 11.9. The summed E-state index contributed by atoms with van der Waals surface area (Å²) in [6, 6.07) is -1.79. The van der Waals surface area contributed by atoms with Crippen molar-refractivity contribution >= 4 is 36.1 Å². The molecule has 4 fully saturated rings. The minimum atomic E-state index is -1.18. The topological polar surface area (TPSA) is 193 Å². The zero-order valence-electron chi connectivity index (χ0n) is 33.6. The van der Waals surface area contributed by atoms with Gasteiger partial charge in [-0.05, 0) is 77.6 Å². The summed E-state index contributed by atoms with van der Waals surface area (Å²) in [6.07, 6.45) is 2.78. The van der Waals surface area contributed by atoms with Crippen molar-refractivity contribution in [1.82, 2.24) is 24.5 Å². The number of nitrogens with zero attached hydrogens (tertiary/aromatic N) is 5. The maximum absolute atomic E-state index is 13.1. The van der Waals surface area contributed by atoms with E-state index in [0.29, 0.717) is 38.5 Å². The number of piperidine rings is 2. The third-order valence-corrected chi connectivity index (χ3v) is 10.2. The molecule has 16 nitrogen and oxygen atoms in total. The number of esters is 1. The fourth-order valence-corrected chi connectivity index (χ4v) is 7.54. The molecule has 0 radical (unpaired) electrons. The van der Waals surface area contributed by atoms with Crippen molar-refractivity contribution in [3.63, 3.8) is 0 Å². The minimum absolute atomic E-state index is 0.113. The van der Waals surface area contributed by atoms with E-state index in [2.05, 4.69) is 6.58 Å². The van der Waals surface area contributed by atoms with Gasteiger partial charge in [-0.25, -0.2) is 24.1 Å². The number of nitrogens with two attached hydrogens (primary N) is 1. The molecule has 4 aliphatic rings. The Morgan fingerprint density at radius 2 is 1.43 bits per heavy atom. The molecule has 54 heavy (non-hydrogen) atoms. The molecule has 0 aromatic carbocycles. The van der Waals surface area contributed by atoms with E-state index in [1.54, 1.807) is 16.7 Å². The number of imide groups is 1. The second kappa shape index (κ2) is 19.4. The van der Waals surface area contributed by atoms with Crippen LogP contribution in [-0.4, -0.2) is 142 Å². The summed E-state index contributed by atoms with van der Waals surface area (Å²) >= 11 is 0. The van der Waals surface area contributed by atoms with E-state index < -0.39 is 41.6 Å². The van der Waals surface area contributed by atoms with Gasteiger partial charge < -0.3 is 44.7 Å². The first-order valence-electron chi connectivity index (χ1n) is 19.4. The predicted octanol–water partition coefficient (Wildman–Crippen LogP) is 4.18. The number of likely N-dealkylation sites (tertiary alicyclic amines) is 3. The summed E-state index contributed by atoms with van der Waals surface area (Å²) in [5, 5.41) is 9.82. The molecular weight excluding hydrogens is 700 g/mol. The molecule has 0 aliphatic carbocycles. The van der Waals surface area contributed by atoms with Crippen LogP contribution in [0.25, 0.3) is 0 Å². The zero-order chi connectivity index (χ0) is 40.5. The largest absolute Gasteiger partial charge is 0.480 e.